The fourth-order valence-corrected chi connectivity index (χ4v) is 3.07. The molecule has 1 aliphatic rings. The second-order valence-electron chi connectivity index (χ2n) is 4.69. The summed E-state index contributed by atoms with van der Waals surface area (Å²) in [6.07, 6.45) is 3.16. The number of phenols is 1. The summed E-state index contributed by atoms with van der Waals surface area (Å²) < 4.78 is 5.11. The molecule has 2 rings (SSSR count). The monoisotopic (exact) mass is 327 g/mol. The van der Waals surface area contributed by atoms with Crippen LogP contribution in [0, 0.1) is 0 Å². The molecular formula is C14H18BrNO3. The number of carbonyl (C=O) groups is 1. The molecule has 1 aliphatic heterocycles. The van der Waals surface area contributed by atoms with Crippen LogP contribution < -0.4 is 4.74 Å². The maximum Gasteiger partial charge on any atom is 0.258 e. The lowest BCUT2D eigenvalue weighted by atomic mass is 10.0. The number of likely N-dealkylation sites (tertiary alicyclic amines) is 1. The predicted octanol–water partition coefficient (Wildman–Crippen LogP) is 2.79. The van der Waals surface area contributed by atoms with Crippen LogP contribution in [0.1, 0.15) is 29.6 Å². The van der Waals surface area contributed by atoms with Crippen molar-refractivity contribution in [1.29, 1.82) is 0 Å². The Morgan fingerprint density at radius 3 is 3.00 bits per heavy atom. The van der Waals surface area contributed by atoms with Gasteiger partial charge >= 0.3 is 0 Å². The van der Waals surface area contributed by atoms with Crippen molar-refractivity contribution < 1.29 is 14.6 Å². The van der Waals surface area contributed by atoms with Crippen molar-refractivity contribution in [3.63, 3.8) is 0 Å². The summed E-state index contributed by atoms with van der Waals surface area (Å²) in [6, 6.07) is 4.94. The van der Waals surface area contributed by atoms with Crippen molar-refractivity contribution in [3.05, 3.63) is 23.8 Å². The Morgan fingerprint density at radius 2 is 2.32 bits per heavy atom. The zero-order chi connectivity index (χ0) is 13.8. The normalized spacial score (nSPS) is 19.3. The molecule has 1 amide bonds. The molecular weight excluding hydrogens is 310 g/mol. The van der Waals surface area contributed by atoms with E-state index < -0.39 is 0 Å². The van der Waals surface area contributed by atoms with Gasteiger partial charge in [-0.2, -0.15) is 0 Å². The third-order valence-electron chi connectivity index (χ3n) is 3.50. The molecule has 1 atom stereocenters. The van der Waals surface area contributed by atoms with E-state index in [4.69, 9.17) is 4.74 Å². The quantitative estimate of drug-likeness (QED) is 0.868. The van der Waals surface area contributed by atoms with E-state index in [9.17, 15) is 9.90 Å². The number of methoxy groups -OCH3 is 1. The Morgan fingerprint density at radius 1 is 1.53 bits per heavy atom. The molecule has 4 nitrogen and oxygen atoms in total. The van der Waals surface area contributed by atoms with Gasteiger partial charge in [0, 0.05) is 17.9 Å². The molecule has 1 aromatic rings. The van der Waals surface area contributed by atoms with Gasteiger partial charge in [0.15, 0.2) is 0 Å². The Balaban J connectivity index is 2.27. The highest BCUT2D eigenvalue weighted by Gasteiger charge is 2.28. The summed E-state index contributed by atoms with van der Waals surface area (Å²) in [4.78, 5) is 14.4. The maximum atomic E-state index is 12.5. The van der Waals surface area contributed by atoms with Crippen molar-refractivity contribution >= 4 is 21.8 Å². The van der Waals surface area contributed by atoms with E-state index in [2.05, 4.69) is 15.9 Å². The Bertz CT molecular complexity index is 464. The van der Waals surface area contributed by atoms with E-state index in [1.54, 1.807) is 19.2 Å². The summed E-state index contributed by atoms with van der Waals surface area (Å²) in [7, 11) is 1.54. The molecule has 1 heterocycles. The van der Waals surface area contributed by atoms with Crippen molar-refractivity contribution in [3.8, 4) is 11.5 Å². The number of hydrogen-bond acceptors (Lipinski definition) is 3. The number of aromatic hydroxyl groups is 1. The van der Waals surface area contributed by atoms with E-state index in [0.29, 0.717) is 11.3 Å². The van der Waals surface area contributed by atoms with Crippen molar-refractivity contribution in [2.75, 3.05) is 19.0 Å². The van der Waals surface area contributed by atoms with Crippen molar-refractivity contribution in [2.45, 2.75) is 25.3 Å². The first-order chi connectivity index (χ1) is 9.17. The predicted molar refractivity (Wildman–Crippen MR) is 77.1 cm³/mol. The summed E-state index contributed by atoms with van der Waals surface area (Å²) in [5, 5.41) is 10.6. The molecule has 0 bridgehead atoms. The molecule has 1 unspecified atom stereocenters. The van der Waals surface area contributed by atoms with Crippen LogP contribution >= 0.6 is 15.9 Å². The van der Waals surface area contributed by atoms with Crippen LogP contribution in [0.2, 0.25) is 0 Å². The van der Waals surface area contributed by atoms with Crippen LogP contribution in [0.3, 0.4) is 0 Å². The number of amides is 1. The average Bonchev–Trinajstić information content (AvgIpc) is 2.47. The molecule has 1 saturated heterocycles. The topological polar surface area (TPSA) is 49.8 Å². The minimum atomic E-state index is -0.124. The average molecular weight is 328 g/mol. The van der Waals surface area contributed by atoms with Gasteiger partial charge in [0.25, 0.3) is 5.91 Å². The number of piperidine rings is 1. The first kappa shape index (κ1) is 14.2. The lowest BCUT2D eigenvalue weighted by Crippen LogP contribution is -2.44. The van der Waals surface area contributed by atoms with Gasteiger partial charge in [-0.25, -0.2) is 0 Å². The number of halogens is 1. The number of nitrogens with zero attached hydrogens (tertiary/aromatic N) is 1. The van der Waals surface area contributed by atoms with Crippen LogP contribution in [0.15, 0.2) is 18.2 Å². The number of phenolic OH excluding ortho intramolecular Hbond substituents is 1. The highest BCUT2D eigenvalue weighted by Crippen LogP contribution is 2.27. The number of rotatable bonds is 3. The molecule has 0 spiro atoms. The van der Waals surface area contributed by atoms with E-state index in [1.807, 2.05) is 4.90 Å². The molecule has 1 fully saturated rings. The van der Waals surface area contributed by atoms with E-state index >= 15 is 0 Å². The number of hydrogen-bond donors (Lipinski definition) is 1. The molecule has 0 radical (unpaired) electrons. The van der Waals surface area contributed by atoms with Crippen LogP contribution in [-0.2, 0) is 0 Å². The van der Waals surface area contributed by atoms with E-state index in [-0.39, 0.29) is 17.7 Å². The Kier molecular flexibility index (Phi) is 4.69. The van der Waals surface area contributed by atoms with E-state index in [0.717, 1.165) is 31.1 Å². The zero-order valence-electron chi connectivity index (χ0n) is 10.9. The Labute approximate surface area is 121 Å². The number of ether oxygens (including phenoxy) is 1. The molecule has 0 aliphatic carbocycles. The SMILES string of the molecule is COc1ccc(O)c(C(=O)N2CCCCC2CBr)c1. The Hall–Kier alpha value is -1.23. The van der Waals surface area contributed by atoms with Gasteiger partial charge in [0.2, 0.25) is 0 Å². The van der Waals surface area contributed by atoms with Gasteiger partial charge in [-0.1, -0.05) is 15.9 Å². The lowest BCUT2D eigenvalue weighted by molar-refractivity contribution is 0.0638. The van der Waals surface area contributed by atoms with Gasteiger partial charge in [-0.15, -0.1) is 0 Å². The third-order valence-corrected chi connectivity index (χ3v) is 4.25. The minimum absolute atomic E-state index is 0.00435. The number of carbonyl (C=O) groups excluding carboxylic acids is 1. The van der Waals surface area contributed by atoms with Crippen molar-refractivity contribution in [1.82, 2.24) is 4.90 Å². The molecule has 1 N–H and O–H groups in total. The maximum absolute atomic E-state index is 12.5. The largest absolute Gasteiger partial charge is 0.507 e. The van der Waals surface area contributed by atoms with E-state index in [1.165, 1.54) is 6.07 Å². The zero-order valence-corrected chi connectivity index (χ0v) is 12.5. The molecule has 104 valence electrons. The van der Waals surface area contributed by atoms with Crippen molar-refractivity contribution in [2.24, 2.45) is 0 Å². The minimum Gasteiger partial charge on any atom is -0.507 e. The summed E-state index contributed by atoms with van der Waals surface area (Å²) in [5.41, 5.74) is 0.312. The van der Waals surface area contributed by atoms with Crippen LogP contribution in [0.25, 0.3) is 0 Å². The van der Waals surface area contributed by atoms with Gasteiger partial charge in [-0.3, -0.25) is 4.79 Å². The molecule has 0 saturated carbocycles. The highest BCUT2D eigenvalue weighted by molar-refractivity contribution is 9.09. The van der Waals surface area contributed by atoms with Crippen LogP contribution in [-0.4, -0.2) is 40.9 Å². The first-order valence-corrected chi connectivity index (χ1v) is 7.53. The molecule has 0 aromatic heterocycles. The number of benzene rings is 1. The highest BCUT2D eigenvalue weighted by atomic mass is 79.9. The van der Waals surface area contributed by atoms with Gasteiger partial charge < -0.3 is 14.7 Å². The summed E-state index contributed by atoms with van der Waals surface area (Å²) >= 11 is 3.46. The molecule has 1 aromatic carbocycles. The standard InChI is InChI=1S/C14H18BrNO3/c1-19-11-5-6-13(17)12(8-11)14(18)16-7-3-2-4-10(16)9-15/h5-6,8,10,17H,2-4,7,9H2,1H3. The van der Waals surface area contributed by atoms with Gasteiger partial charge in [0.1, 0.15) is 11.5 Å². The molecule has 5 heteroatoms. The number of alkyl halides is 1. The van der Waals surface area contributed by atoms with Crippen LogP contribution in [0.4, 0.5) is 0 Å². The lowest BCUT2D eigenvalue weighted by Gasteiger charge is -2.35. The fraction of sp³-hybridized carbons (Fsp3) is 0.500. The third kappa shape index (κ3) is 3.03. The summed E-state index contributed by atoms with van der Waals surface area (Å²) in [5.74, 6) is 0.457. The second kappa shape index (κ2) is 6.28. The molecule has 19 heavy (non-hydrogen) atoms. The fourth-order valence-electron chi connectivity index (χ4n) is 2.40. The van der Waals surface area contributed by atoms with Crippen LogP contribution in [0.5, 0.6) is 11.5 Å². The second-order valence-corrected chi connectivity index (χ2v) is 5.33. The summed E-state index contributed by atoms with van der Waals surface area (Å²) in [6.45, 7) is 0.742. The first-order valence-electron chi connectivity index (χ1n) is 6.41. The van der Waals surface area contributed by atoms with Gasteiger partial charge in [0.05, 0.1) is 12.7 Å². The smallest absolute Gasteiger partial charge is 0.258 e. The van der Waals surface area contributed by atoms with Gasteiger partial charge in [-0.05, 0) is 37.5 Å².